The summed E-state index contributed by atoms with van der Waals surface area (Å²) in [6.45, 7) is 5.35. The van der Waals surface area contributed by atoms with E-state index in [1.54, 1.807) is 19.1 Å². The first-order valence-electron chi connectivity index (χ1n) is 5.05. The molecule has 0 aromatic heterocycles. The van der Waals surface area contributed by atoms with Crippen molar-refractivity contribution in [3.05, 3.63) is 34.3 Å². The summed E-state index contributed by atoms with van der Waals surface area (Å²) in [5.74, 6) is 0. The first kappa shape index (κ1) is 12.5. The van der Waals surface area contributed by atoms with Gasteiger partial charge in [0.2, 0.25) is 0 Å². The van der Waals surface area contributed by atoms with Gasteiger partial charge in [-0.15, -0.1) is 0 Å². The molecule has 0 bridgehead atoms. The fourth-order valence-electron chi connectivity index (χ4n) is 1.33. The molecule has 2 atom stereocenters. The third-order valence-corrected chi connectivity index (χ3v) is 3.22. The Morgan fingerprint density at radius 2 is 2.07 bits per heavy atom. The highest BCUT2D eigenvalue weighted by molar-refractivity contribution is 6.31. The van der Waals surface area contributed by atoms with E-state index in [-0.39, 0.29) is 0 Å². The Hall–Kier alpha value is -0.570. The van der Waals surface area contributed by atoms with Gasteiger partial charge >= 0.3 is 0 Å². The van der Waals surface area contributed by atoms with E-state index in [9.17, 15) is 10.2 Å². The lowest BCUT2D eigenvalue weighted by Crippen LogP contribution is -2.31. The quantitative estimate of drug-likeness (QED) is 0.835. The van der Waals surface area contributed by atoms with Crippen LogP contribution >= 0.6 is 11.6 Å². The molecule has 0 aliphatic carbocycles. The van der Waals surface area contributed by atoms with Crippen molar-refractivity contribution in [2.24, 2.45) is 0 Å². The minimum absolute atomic E-state index is 0.486. The van der Waals surface area contributed by atoms with Crippen LogP contribution in [0.25, 0.3) is 0 Å². The maximum Gasteiger partial charge on any atom is 0.107 e. The molecule has 2 nitrogen and oxygen atoms in total. The zero-order valence-corrected chi connectivity index (χ0v) is 10.0. The summed E-state index contributed by atoms with van der Waals surface area (Å²) in [7, 11) is 0. The second kappa shape index (κ2) is 4.52. The topological polar surface area (TPSA) is 40.5 Å². The number of aliphatic hydroxyl groups excluding tert-OH is 1. The summed E-state index contributed by atoms with van der Waals surface area (Å²) in [5, 5.41) is 20.5. The van der Waals surface area contributed by atoms with Crippen molar-refractivity contribution in [2.75, 3.05) is 0 Å². The maximum atomic E-state index is 9.95. The summed E-state index contributed by atoms with van der Waals surface area (Å²) >= 11 is 5.96. The highest BCUT2D eigenvalue weighted by Gasteiger charge is 2.29. The second-order valence-electron chi connectivity index (χ2n) is 4.12. The van der Waals surface area contributed by atoms with Gasteiger partial charge in [-0.1, -0.05) is 30.7 Å². The maximum absolute atomic E-state index is 9.95. The summed E-state index contributed by atoms with van der Waals surface area (Å²) in [6.07, 6.45) is -0.416. The van der Waals surface area contributed by atoms with Crippen LogP contribution in [0, 0.1) is 6.92 Å². The highest BCUT2D eigenvalue weighted by atomic mass is 35.5. The van der Waals surface area contributed by atoms with Crippen LogP contribution in [0.3, 0.4) is 0 Å². The molecule has 0 amide bonds. The predicted molar refractivity (Wildman–Crippen MR) is 62.1 cm³/mol. The third-order valence-electron chi connectivity index (χ3n) is 2.82. The van der Waals surface area contributed by atoms with Gasteiger partial charge in [0.15, 0.2) is 0 Å². The van der Waals surface area contributed by atoms with Gasteiger partial charge in [-0.3, -0.25) is 0 Å². The zero-order valence-electron chi connectivity index (χ0n) is 9.29. The molecule has 2 N–H and O–H groups in total. The van der Waals surface area contributed by atoms with Crippen LogP contribution in [-0.4, -0.2) is 15.8 Å². The monoisotopic (exact) mass is 228 g/mol. The number of rotatable bonds is 3. The van der Waals surface area contributed by atoms with E-state index in [4.69, 9.17) is 11.6 Å². The number of hydrogen-bond donors (Lipinski definition) is 2. The average Bonchev–Trinajstić information content (AvgIpc) is 2.21. The molecule has 0 aliphatic heterocycles. The Kier molecular flexibility index (Phi) is 3.77. The van der Waals surface area contributed by atoms with E-state index >= 15 is 0 Å². The molecule has 0 radical (unpaired) electrons. The lowest BCUT2D eigenvalue weighted by molar-refractivity contribution is -0.0658. The van der Waals surface area contributed by atoms with E-state index in [0.29, 0.717) is 17.0 Å². The van der Waals surface area contributed by atoms with E-state index in [1.165, 1.54) is 0 Å². The van der Waals surface area contributed by atoms with Crippen molar-refractivity contribution in [1.82, 2.24) is 0 Å². The van der Waals surface area contributed by atoms with E-state index < -0.39 is 11.7 Å². The Morgan fingerprint density at radius 1 is 1.47 bits per heavy atom. The molecule has 1 aromatic carbocycles. The first-order chi connectivity index (χ1) is 6.88. The Morgan fingerprint density at radius 3 is 2.53 bits per heavy atom. The van der Waals surface area contributed by atoms with Crippen LogP contribution in [0.5, 0.6) is 0 Å². The number of halogens is 1. The fourth-order valence-corrected chi connectivity index (χ4v) is 1.52. The lowest BCUT2D eigenvalue weighted by Gasteiger charge is -2.28. The molecular formula is C12H17ClO2. The van der Waals surface area contributed by atoms with Gasteiger partial charge in [-0.05, 0) is 37.5 Å². The van der Waals surface area contributed by atoms with Crippen LogP contribution < -0.4 is 0 Å². The Bertz CT molecular complexity index is 347. The van der Waals surface area contributed by atoms with Crippen LogP contribution in [0.2, 0.25) is 5.02 Å². The van der Waals surface area contributed by atoms with E-state index in [0.717, 1.165) is 5.56 Å². The van der Waals surface area contributed by atoms with Crippen molar-refractivity contribution >= 4 is 11.6 Å². The van der Waals surface area contributed by atoms with Crippen LogP contribution in [0.15, 0.2) is 18.2 Å². The van der Waals surface area contributed by atoms with Crippen molar-refractivity contribution in [3.8, 4) is 0 Å². The minimum Gasteiger partial charge on any atom is -0.387 e. The van der Waals surface area contributed by atoms with Crippen LogP contribution in [0.4, 0.5) is 0 Å². The zero-order chi connectivity index (χ0) is 11.6. The van der Waals surface area contributed by atoms with Gasteiger partial charge in [-0.2, -0.15) is 0 Å². The summed E-state index contributed by atoms with van der Waals surface area (Å²) < 4.78 is 0. The van der Waals surface area contributed by atoms with Crippen molar-refractivity contribution in [1.29, 1.82) is 0 Å². The van der Waals surface area contributed by atoms with Gasteiger partial charge in [0.05, 0.1) is 5.60 Å². The second-order valence-corrected chi connectivity index (χ2v) is 4.53. The molecule has 2 unspecified atom stereocenters. The predicted octanol–water partition coefficient (Wildman–Crippen LogP) is 2.84. The standard InChI is InChI=1S/C12H17ClO2/c1-4-12(3,15)11(14)9-6-5-8(2)10(13)7-9/h5-7,11,14-15H,4H2,1-3H3. The molecular weight excluding hydrogens is 212 g/mol. The normalized spacial score (nSPS) is 17.2. The van der Waals surface area contributed by atoms with Gasteiger partial charge in [0.25, 0.3) is 0 Å². The first-order valence-corrected chi connectivity index (χ1v) is 5.42. The highest BCUT2D eigenvalue weighted by Crippen LogP contribution is 2.30. The average molecular weight is 229 g/mol. The number of aryl methyl sites for hydroxylation is 1. The largest absolute Gasteiger partial charge is 0.387 e. The summed E-state index contributed by atoms with van der Waals surface area (Å²) in [4.78, 5) is 0. The van der Waals surface area contributed by atoms with Gasteiger partial charge in [0, 0.05) is 5.02 Å². The molecule has 0 aliphatic rings. The Balaban J connectivity index is 3.02. The van der Waals surface area contributed by atoms with Crippen molar-refractivity contribution < 1.29 is 10.2 Å². The van der Waals surface area contributed by atoms with Crippen molar-refractivity contribution in [2.45, 2.75) is 38.9 Å². The molecule has 0 heterocycles. The van der Waals surface area contributed by atoms with Crippen molar-refractivity contribution in [3.63, 3.8) is 0 Å². The molecule has 3 heteroatoms. The van der Waals surface area contributed by atoms with Gasteiger partial charge in [0.1, 0.15) is 6.10 Å². The molecule has 0 fully saturated rings. The fraction of sp³-hybridized carbons (Fsp3) is 0.500. The molecule has 0 spiro atoms. The number of aliphatic hydroxyl groups is 2. The van der Waals surface area contributed by atoms with Crippen LogP contribution in [0.1, 0.15) is 37.5 Å². The smallest absolute Gasteiger partial charge is 0.107 e. The SMILES string of the molecule is CCC(C)(O)C(O)c1ccc(C)c(Cl)c1. The Labute approximate surface area is 95.5 Å². The van der Waals surface area contributed by atoms with Crippen LogP contribution in [-0.2, 0) is 0 Å². The van der Waals surface area contributed by atoms with Gasteiger partial charge < -0.3 is 10.2 Å². The molecule has 1 aromatic rings. The molecule has 0 saturated heterocycles. The molecule has 84 valence electrons. The minimum atomic E-state index is -1.11. The molecule has 0 saturated carbocycles. The summed E-state index contributed by atoms with van der Waals surface area (Å²) in [6, 6.07) is 5.33. The van der Waals surface area contributed by atoms with Gasteiger partial charge in [-0.25, -0.2) is 0 Å². The number of hydrogen-bond acceptors (Lipinski definition) is 2. The summed E-state index contributed by atoms with van der Waals surface area (Å²) in [5.41, 5.74) is 0.500. The lowest BCUT2D eigenvalue weighted by atomic mass is 9.90. The number of benzene rings is 1. The van der Waals surface area contributed by atoms with E-state index in [2.05, 4.69) is 0 Å². The third kappa shape index (κ3) is 2.71. The van der Waals surface area contributed by atoms with E-state index in [1.807, 2.05) is 19.9 Å². The molecule has 1 rings (SSSR count). The molecule has 15 heavy (non-hydrogen) atoms.